The lowest BCUT2D eigenvalue weighted by atomic mass is 9.89. The number of nitrogens with one attached hydrogen (secondary N) is 1. The summed E-state index contributed by atoms with van der Waals surface area (Å²) in [5.74, 6) is 0.0774. The summed E-state index contributed by atoms with van der Waals surface area (Å²) in [4.78, 5) is 0. The van der Waals surface area contributed by atoms with Crippen LogP contribution < -0.4 is 10.1 Å². The van der Waals surface area contributed by atoms with Crippen molar-refractivity contribution in [1.82, 2.24) is 5.32 Å². The van der Waals surface area contributed by atoms with Crippen LogP contribution in [0.15, 0.2) is 12.1 Å². The van der Waals surface area contributed by atoms with Gasteiger partial charge in [-0.2, -0.15) is 0 Å². The van der Waals surface area contributed by atoms with Crippen molar-refractivity contribution in [3.63, 3.8) is 0 Å². The minimum absolute atomic E-state index is 0.141. The molecule has 16 heavy (non-hydrogen) atoms. The molecule has 2 rings (SSSR count). The van der Waals surface area contributed by atoms with Gasteiger partial charge in [-0.15, -0.1) is 0 Å². The predicted molar refractivity (Wildman–Crippen MR) is 59.5 cm³/mol. The van der Waals surface area contributed by atoms with E-state index in [-0.39, 0.29) is 17.5 Å². The third-order valence-electron chi connectivity index (χ3n) is 3.08. The van der Waals surface area contributed by atoms with Crippen LogP contribution in [0.1, 0.15) is 24.3 Å². The maximum atomic E-state index is 13.7. The Hall–Kier alpha value is -1.29. The molecule has 0 amide bonds. The molecule has 1 aromatic carbocycles. The fourth-order valence-corrected chi connectivity index (χ4v) is 2.17. The predicted octanol–water partition coefficient (Wildman–Crippen LogP) is 2.01. The smallest absolute Gasteiger partial charge is 0.160 e. The van der Waals surface area contributed by atoms with Crippen LogP contribution in [0.3, 0.4) is 0 Å². The number of phenolic OH excluding ortho intramolecular Hbond substituents is 1. The largest absolute Gasteiger partial charge is 0.504 e. The van der Waals surface area contributed by atoms with Gasteiger partial charge in [0.05, 0.1) is 7.11 Å². The standard InChI is InChI=1S/C12H16FNO2/c1-16-12-6-9(10(13)7-11(12)15)8-2-4-14-5-3-8/h6-8,14-15H,2-5H2,1H3. The molecular formula is C12H16FNO2. The first-order valence-electron chi connectivity index (χ1n) is 5.49. The molecule has 4 heteroatoms. The Kier molecular flexibility index (Phi) is 3.29. The number of piperidine rings is 1. The second-order valence-electron chi connectivity index (χ2n) is 4.07. The van der Waals surface area contributed by atoms with Gasteiger partial charge in [0.15, 0.2) is 11.5 Å². The summed E-state index contributed by atoms with van der Waals surface area (Å²) in [5.41, 5.74) is 0.649. The first kappa shape index (κ1) is 11.2. The van der Waals surface area contributed by atoms with E-state index >= 15 is 0 Å². The van der Waals surface area contributed by atoms with Gasteiger partial charge in [-0.3, -0.25) is 0 Å². The first-order valence-corrected chi connectivity index (χ1v) is 5.49. The Morgan fingerprint density at radius 2 is 2.06 bits per heavy atom. The monoisotopic (exact) mass is 225 g/mol. The van der Waals surface area contributed by atoms with Crippen LogP contribution in [-0.4, -0.2) is 25.3 Å². The fourth-order valence-electron chi connectivity index (χ4n) is 2.17. The second-order valence-corrected chi connectivity index (χ2v) is 4.07. The van der Waals surface area contributed by atoms with E-state index in [0.717, 1.165) is 32.0 Å². The molecule has 0 aliphatic carbocycles. The van der Waals surface area contributed by atoms with E-state index < -0.39 is 0 Å². The number of methoxy groups -OCH3 is 1. The van der Waals surface area contributed by atoms with Crippen molar-refractivity contribution in [3.05, 3.63) is 23.5 Å². The topological polar surface area (TPSA) is 41.5 Å². The van der Waals surface area contributed by atoms with Crippen LogP contribution in [0.4, 0.5) is 4.39 Å². The van der Waals surface area contributed by atoms with Crippen molar-refractivity contribution >= 4 is 0 Å². The molecule has 0 spiro atoms. The van der Waals surface area contributed by atoms with E-state index in [0.29, 0.717) is 11.3 Å². The minimum Gasteiger partial charge on any atom is -0.504 e. The summed E-state index contributed by atoms with van der Waals surface area (Å²) in [6, 6.07) is 2.75. The van der Waals surface area contributed by atoms with Crippen molar-refractivity contribution in [3.8, 4) is 11.5 Å². The van der Waals surface area contributed by atoms with E-state index in [1.807, 2.05) is 0 Å². The molecular weight excluding hydrogens is 209 g/mol. The van der Waals surface area contributed by atoms with Crippen molar-refractivity contribution in [2.75, 3.05) is 20.2 Å². The van der Waals surface area contributed by atoms with Crippen LogP contribution in [0, 0.1) is 5.82 Å². The maximum absolute atomic E-state index is 13.7. The van der Waals surface area contributed by atoms with Crippen LogP contribution in [-0.2, 0) is 0 Å². The molecule has 0 unspecified atom stereocenters. The molecule has 0 bridgehead atoms. The molecule has 1 aromatic rings. The number of phenols is 1. The summed E-state index contributed by atoms with van der Waals surface area (Å²) >= 11 is 0. The van der Waals surface area contributed by atoms with Crippen LogP contribution in [0.25, 0.3) is 0 Å². The number of ether oxygens (including phenoxy) is 1. The highest BCUT2D eigenvalue weighted by Crippen LogP contribution is 2.35. The highest BCUT2D eigenvalue weighted by molar-refractivity contribution is 5.43. The average molecular weight is 225 g/mol. The number of aromatic hydroxyl groups is 1. The molecule has 1 saturated heterocycles. The molecule has 3 nitrogen and oxygen atoms in total. The van der Waals surface area contributed by atoms with E-state index in [2.05, 4.69) is 5.32 Å². The van der Waals surface area contributed by atoms with E-state index in [9.17, 15) is 9.50 Å². The van der Waals surface area contributed by atoms with Gasteiger partial charge < -0.3 is 15.2 Å². The zero-order valence-electron chi connectivity index (χ0n) is 9.29. The molecule has 1 heterocycles. The van der Waals surface area contributed by atoms with Crippen molar-refractivity contribution in [1.29, 1.82) is 0 Å². The fraction of sp³-hybridized carbons (Fsp3) is 0.500. The molecule has 1 fully saturated rings. The summed E-state index contributed by atoms with van der Waals surface area (Å²) in [5, 5.41) is 12.7. The van der Waals surface area contributed by atoms with Crippen molar-refractivity contribution < 1.29 is 14.2 Å². The Bertz CT molecular complexity index is 376. The van der Waals surface area contributed by atoms with Gasteiger partial charge in [0.2, 0.25) is 0 Å². The summed E-state index contributed by atoms with van der Waals surface area (Å²) < 4.78 is 18.7. The van der Waals surface area contributed by atoms with Gasteiger partial charge in [0.1, 0.15) is 5.82 Å². The van der Waals surface area contributed by atoms with Gasteiger partial charge in [0.25, 0.3) is 0 Å². The lowest BCUT2D eigenvalue weighted by Crippen LogP contribution is -2.27. The highest BCUT2D eigenvalue weighted by Gasteiger charge is 2.20. The summed E-state index contributed by atoms with van der Waals surface area (Å²) in [7, 11) is 1.47. The van der Waals surface area contributed by atoms with Gasteiger partial charge in [-0.05, 0) is 43.5 Å². The van der Waals surface area contributed by atoms with Gasteiger partial charge >= 0.3 is 0 Å². The molecule has 1 aliphatic rings. The lowest BCUT2D eigenvalue weighted by molar-refractivity contribution is 0.366. The Labute approximate surface area is 94.2 Å². The molecule has 0 saturated carbocycles. The summed E-state index contributed by atoms with van der Waals surface area (Å²) in [6.07, 6.45) is 1.84. The van der Waals surface area contributed by atoms with E-state index in [1.165, 1.54) is 7.11 Å². The Morgan fingerprint density at radius 1 is 1.38 bits per heavy atom. The van der Waals surface area contributed by atoms with Gasteiger partial charge in [-0.1, -0.05) is 0 Å². The molecule has 88 valence electrons. The number of rotatable bonds is 2. The van der Waals surface area contributed by atoms with E-state index in [1.54, 1.807) is 6.07 Å². The number of hydrogen-bond donors (Lipinski definition) is 2. The number of hydrogen-bond acceptors (Lipinski definition) is 3. The highest BCUT2D eigenvalue weighted by atomic mass is 19.1. The van der Waals surface area contributed by atoms with Crippen LogP contribution >= 0.6 is 0 Å². The SMILES string of the molecule is COc1cc(C2CCNCC2)c(F)cc1O. The summed E-state index contributed by atoms with van der Waals surface area (Å²) in [6.45, 7) is 1.82. The number of benzene rings is 1. The van der Waals surface area contributed by atoms with E-state index in [4.69, 9.17) is 4.74 Å². The number of halogens is 1. The quantitative estimate of drug-likeness (QED) is 0.809. The second kappa shape index (κ2) is 4.70. The average Bonchev–Trinajstić information content (AvgIpc) is 2.30. The Morgan fingerprint density at radius 3 is 2.69 bits per heavy atom. The molecule has 1 aliphatic heterocycles. The van der Waals surface area contributed by atoms with Crippen LogP contribution in [0.2, 0.25) is 0 Å². The first-order chi connectivity index (χ1) is 7.72. The Balaban J connectivity index is 2.31. The molecule has 0 radical (unpaired) electrons. The van der Waals surface area contributed by atoms with Crippen LogP contribution in [0.5, 0.6) is 11.5 Å². The zero-order valence-corrected chi connectivity index (χ0v) is 9.29. The maximum Gasteiger partial charge on any atom is 0.160 e. The molecule has 0 atom stereocenters. The van der Waals surface area contributed by atoms with Crippen molar-refractivity contribution in [2.45, 2.75) is 18.8 Å². The third-order valence-corrected chi connectivity index (χ3v) is 3.08. The zero-order chi connectivity index (χ0) is 11.5. The third kappa shape index (κ3) is 2.11. The molecule has 2 N–H and O–H groups in total. The lowest BCUT2D eigenvalue weighted by Gasteiger charge is -2.23. The van der Waals surface area contributed by atoms with Gasteiger partial charge in [-0.25, -0.2) is 4.39 Å². The van der Waals surface area contributed by atoms with Crippen molar-refractivity contribution in [2.24, 2.45) is 0 Å². The normalized spacial score (nSPS) is 17.4. The van der Waals surface area contributed by atoms with Gasteiger partial charge in [0, 0.05) is 6.07 Å². The minimum atomic E-state index is -0.342. The molecule has 0 aromatic heterocycles.